The van der Waals surface area contributed by atoms with Crippen LogP contribution >= 0.6 is 11.3 Å². The van der Waals surface area contributed by atoms with Gasteiger partial charge in [0.15, 0.2) is 0 Å². The van der Waals surface area contributed by atoms with Crippen LogP contribution in [0.2, 0.25) is 0 Å². The Labute approximate surface area is 171 Å². The van der Waals surface area contributed by atoms with Crippen LogP contribution in [0.3, 0.4) is 0 Å². The zero-order valence-electron chi connectivity index (χ0n) is 16.1. The molecule has 29 heavy (non-hydrogen) atoms. The van der Waals surface area contributed by atoms with Gasteiger partial charge >= 0.3 is 5.97 Å². The van der Waals surface area contributed by atoms with Crippen LogP contribution in [0.25, 0.3) is 0 Å². The Bertz CT molecular complexity index is 1080. The van der Waals surface area contributed by atoms with Gasteiger partial charge in [0, 0.05) is 0 Å². The fourth-order valence-corrected chi connectivity index (χ4v) is 3.98. The van der Waals surface area contributed by atoms with Gasteiger partial charge in [-0.15, -0.1) is 11.3 Å². The van der Waals surface area contributed by atoms with Crippen LogP contribution in [0.4, 0.5) is 5.95 Å². The third kappa shape index (κ3) is 3.33. The third-order valence-corrected chi connectivity index (χ3v) is 5.68. The number of nitrogens with one attached hydrogen (secondary N) is 1. The van der Waals surface area contributed by atoms with Crippen molar-refractivity contribution in [3.63, 3.8) is 0 Å². The lowest BCUT2D eigenvalue weighted by molar-refractivity contribution is -0.136. The SMILES string of the molecule is COC(=O)C1=C(C(=O)c2cccs2)[C@@H](c2ccc(C(C)C)cc2)n2nnnc2N1. The number of hydrogen-bond donors (Lipinski definition) is 1. The second kappa shape index (κ2) is 7.59. The minimum Gasteiger partial charge on any atom is -0.464 e. The number of allylic oxidation sites excluding steroid dienone is 1. The van der Waals surface area contributed by atoms with Gasteiger partial charge in [-0.25, -0.2) is 4.79 Å². The van der Waals surface area contributed by atoms with E-state index in [4.69, 9.17) is 4.74 Å². The van der Waals surface area contributed by atoms with Gasteiger partial charge in [-0.1, -0.05) is 49.3 Å². The molecule has 0 radical (unpaired) electrons. The Morgan fingerprint density at radius 3 is 2.59 bits per heavy atom. The number of carbonyl (C=O) groups excluding carboxylic acids is 2. The second-order valence-electron chi connectivity index (χ2n) is 6.88. The van der Waals surface area contributed by atoms with E-state index in [1.807, 2.05) is 29.6 Å². The number of aromatic nitrogens is 4. The summed E-state index contributed by atoms with van der Waals surface area (Å²) in [7, 11) is 1.27. The number of esters is 1. The number of rotatable bonds is 5. The summed E-state index contributed by atoms with van der Waals surface area (Å²) in [5.74, 6) is -0.282. The number of methoxy groups -OCH3 is 1. The molecular weight excluding hydrogens is 390 g/mol. The van der Waals surface area contributed by atoms with Crippen molar-refractivity contribution in [1.29, 1.82) is 0 Å². The molecule has 0 spiro atoms. The first-order chi connectivity index (χ1) is 14.0. The second-order valence-corrected chi connectivity index (χ2v) is 7.83. The van der Waals surface area contributed by atoms with Crippen molar-refractivity contribution < 1.29 is 14.3 Å². The lowest BCUT2D eigenvalue weighted by atomic mass is 9.90. The molecule has 0 unspecified atom stereocenters. The lowest BCUT2D eigenvalue weighted by Crippen LogP contribution is -2.32. The maximum Gasteiger partial charge on any atom is 0.355 e. The number of anilines is 1. The maximum atomic E-state index is 13.4. The van der Waals surface area contributed by atoms with Crippen LogP contribution in [0.1, 0.15) is 46.6 Å². The van der Waals surface area contributed by atoms with Crippen molar-refractivity contribution in [3.8, 4) is 0 Å². The molecule has 4 rings (SSSR count). The molecule has 3 heterocycles. The number of nitrogens with zero attached hydrogens (tertiary/aromatic N) is 4. The first-order valence-corrected chi connectivity index (χ1v) is 9.94. The van der Waals surface area contributed by atoms with E-state index in [0.29, 0.717) is 10.8 Å². The number of ketones is 1. The molecule has 1 aliphatic heterocycles. The van der Waals surface area contributed by atoms with Gasteiger partial charge in [0.05, 0.1) is 17.6 Å². The highest BCUT2D eigenvalue weighted by Crippen LogP contribution is 2.37. The van der Waals surface area contributed by atoms with E-state index in [9.17, 15) is 9.59 Å². The largest absolute Gasteiger partial charge is 0.464 e. The molecule has 1 atom stereocenters. The van der Waals surface area contributed by atoms with E-state index in [-0.39, 0.29) is 23.0 Å². The fourth-order valence-electron chi connectivity index (χ4n) is 3.30. The Balaban J connectivity index is 1.92. The summed E-state index contributed by atoms with van der Waals surface area (Å²) in [5, 5.41) is 16.4. The van der Waals surface area contributed by atoms with Crippen LogP contribution in [0.5, 0.6) is 0 Å². The highest BCUT2D eigenvalue weighted by Gasteiger charge is 2.38. The maximum absolute atomic E-state index is 13.4. The summed E-state index contributed by atoms with van der Waals surface area (Å²) < 4.78 is 6.44. The molecule has 0 fully saturated rings. The molecule has 0 saturated heterocycles. The van der Waals surface area contributed by atoms with E-state index < -0.39 is 12.0 Å². The Morgan fingerprint density at radius 1 is 1.21 bits per heavy atom. The van der Waals surface area contributed by atoms with Crippen LogP contribution in [-0.2, 0) is 9.53 Å². The Kier molecular flexibility index (Phi) is 4.98. The smallest absolute Gasteiger partial charge is 0.355 e. The molecule has 0 saturated carbocycles. The van der Waals surface area contributed by atoms with E-state index >= 15 is 0 Å². The third-order valence-electron chi connectivity index (χ3n) is 4.81. The normalized spacial score (nSPS) is 15.8. The monoisotopic (exact) mass is 409 g/mol. The molecule has 9 heteroatoms. The van der Waals surface area contributed by atoms with Crippen molar-refractivity contribution in [3.05, 3.63) is 69.1 Å². The summed E-state index contributed by atoms with van der Waals surface area (Å²) in [6.45, 7) is 4.22. The number of hydrogen-bond acceptors (Lipinski definition) is 8. The first-order valence-electron chi connectivity index (χ1n) is 9.06. The van der Waals surface area contributed by atoms with Crippen LogP contribution in [0.15, 0.2) is 53.0 Å². The summed E-state index contributed by atoms with van der Waals surface area (Å²) >= 11 is 1.31. The average Bonchev–Trinajstić information content (AvgIpc) is 3.43. The first kappa shape index (κ1) is 19.0. The molecule has 1 aromatic carbocycles. The van der Waals surface area contributed by atoms with Crippen molar-refractivity contribution in [1.82, 2.24) is 20.2 Å². The van der Waals surface area contributed by atoms with Crippen LogP contribution < -0.4 is 5.32 Å². The van der Waals surface area contributed by atoms with Gasteiger partial charge in [-0.2, -0.15) is 4.68 Å². The van der Waals surface area contributed by atoms with E-state index in [1.165, 1.54) is 28.7 Å². The summed E-state index contributed by atoms with van der Waals surface area (Å²) in [6, 6.07) is 10.8. The van der Waals surface area contributed by atoms with Gasteiger partial charge in [-0.05, 0) is 38.9 Å². The minimum atomic E-state index is -0.661. The number of carbonyl (C=O) groups is 2. The van der Waals surface area contributed by atoms with E-state index in [1.54, 1.807) is 12.1 Å². The van der Waals surface area contributed by atoms with Crippen molar-refractivity contribution in [2.75, 3.05) is 12.4 Å². The molecule has 3 aromatic rings. The number of ether oxygens (including phenoxy) is 1. The zero-order valence-corrected chi connectivity index (χ0v) is 16.9. The molecule has 1 aliphatic rings. The molecule has 148 valence electrons. The molecule has 0 aliphatic carbocycles. The number of tetrazole rings is 1. The quantitative estimate of drug-likeness (QED) is 0.510. The molecule has 0 bridgehead atoms. The zero-order chi connectivity index (χ0) is 20.5. The molecule has 8 nitrogen and oxygen atoms in total. The summed E-state index contributed by atoms with van der Waals surface area (Å²) in [4.78, 5) is 26.5. The van der Waals surface area contributed by atoms with Gasteiger partial charge in [0.2, 0.25) is 11.7 Å². The topological polar surface area (TPSA) is 99.0 Å². The van der Waals surface area contributed by atoms with Gasteiger partial charge in [0.1, 0.15) is 11.7 Å². The highest BCUT2D eigenvalue weighted by atomic mass is 32.1. The molecule has 2 aromatic heterocycles. The summed E-state index contributed by atoms with van der Waals surface area (Å²) in [5.41, 5.74) is 2.26. The number of thiophene rings is 1. The van der Waals surface area contributed by atoms with Crippen LogP contribution in [-0.4, -0.2) is 39.1 Å². The standard InChI is InChI=1S/C20H19N5O3S/c1-11(2)12-6-8-13(9-7-12)17-15(18(26)14-5-4-10-29-14)16(19(27)28-3)21-20-22-23-24-25(17)20/h4-11,17H,1-3H3,(H,21,22,24)/t17-/m1/s1. The predicted octanol–water partition coefficient (Wildman–Crippen LogP) is 3.18. The Hall–Kier alpha value is -3.33. The average molecular weight is 409 g/mol. The van der Waals surface area contributed by atoms with E-state index in [2.05, 4.69) is 34.7 Å². The van der Waals surface area contributed by atoms with E-state index in [0.717, 1.165) is 5.56 Å². The highest BCUT2D eigenvalue weighted by molar-refractivity contribution is 7.12. The van der Waals surface area contributed by atoms with Crippen LogP contribution in [0, 0.1) is 0 Å². The van der Waals surface area contributed by atoms with Gasteiger partial charge in [0.25, 0.3) is 0 Å². The summed E-state index contributed by atoms with van der Waals surface area (Å²) in [6.07, 6.45) is 0. The van der Waals surface area contributed by atoms with Crippen molar-refractivity contribution in [2.45, 2.75) is 25.8 Å². The number of benzene rings is 1. The molecule has 0 amide bonds. The predicted molar refractivity (Wildman–Crippen MR) is 108 cm³/mol. The number of fused-ring (bicyclic) bond motifs is 1. The van der Waals surface area contributed by atoms with Crippen molar-refractivity contribution >= 4 is 29.0 Å². The van der Waals surface area contributed by atoms with Gasteiger partial charge in [-0.3, -0.25) is 4.79 Å². The van der Waals surface area contributed by atoms with Crippen molar-refractivity contribution in [2.24, 2.45) is 0 Å². The molecule has 1 N–H and O–H groups in total. The van der Waals surface area contributed by atoms with Gasteiger partial charge < -0.3 is 10.1 Å². The minimum absolute atomic E-state index is 0.0473. The Morgan fingerprint density at radius 2 is 1.97 bits per heavy atom. The molecular formula is C20H19N5O3S. The fraction of sp³-hybridized carbons (Fsp3) is 0.250. The lowest BCUT2D eigenvalue weighted by Gasteiger charge is -2.28. The number of Topliss-reactive ketones (excluding diaryl/α,β-unsaturated/α-hetero) is 1.